The molecule has 0 atom stereocenters. The van der Waals surface area contributed by atoms with Crippen LogP contribution in [-0.4, -0.2) is 4.57 Å². The molecular weight excluding hydrogens is 737 g/mol. The Kier molecular flexibility index (Phi) is 7.92. The molecule has 1 aromatic heterocycles. The third kappa shape index (κ3) is 5.49. The zero-order valence-electron chi connectivity index (χ0n) is 34.2. The summed E-state index contributed by atoms with van der Waals surface area (Å²) in [6.07, 6.45) is 0. The van der Waals surface area contributed by atoms with Gasteiger partial charge in [0.1, 0.15) is 0 Å². The lowest BCUT2D eigenvalue weighted by Gasteiger charge is -2.28. The summed E-state index contributed by atoms with van der Waals surface area (Å²) in [6, 6.07) is 80.4. The number of aromatic nitrogens is 1. The van der Waals surface area contributed by atoms with Gasteiger partial charge in [0.2, 0.25) is 0 Å². The lowest BCUT2D eigenvalue weighted by atomic mass is 9.82. The van der Waals surface area contributed by atoms with Gasteiger partial charge in [-0.15, -0.1) is 0 Å². The van der Waals surface area contributed by atoms with Crippen molar-refractivity contribution in [1.29, 1.82) is 0 Å². The first kappa shape index (κ1) is 35.3. The summed E-state index contributed by atoms with van der Waals surface area (Å²) in [6.45, 7) is 4.71. The highest BCUT2D eigenvalue weighted by Crippen LogP contribution is 2.51. The first-order valence-electron chi connectivity index (χ1n) is 21.3. The molecule has 0 fully saturated rings. The fourth-order valence-electron chi connectivity index (χ4n) is 10.3. The topological polar surface area (TPSA) is 8.17 Å². The Hall–Kier alpha value is -7.68. The average molecular weight is 779 g/mol. The number of hydrogen-bond donors (Lipinski definition) is 0. The van der Waals surface area contributed by atoms with Crippen LogP contribution in [0.5, 0.6) is 0 Å². The maximum absolute atomic E-state index is 2.46. The van der Waals surface area contributed by atoms with Crippen LogP contribution >= 0.6 is 0 Å². The second kappa shape index (κ2) is 13.7. The lowest BCUT2D eigenvalue weighted by Crippen LogP contribution is -2.16. The molecule has 1 aliphatic rings. The molecule has 2 heteroatoms. The van der Waals surface area contributed by atoms with Gasteiger partial charge in [0.15, 0.2) is 0 Å². The van der Waals surface area contributed by atoms with Crippen LogP contribution in [0.1, 0.15) is 25.0 Å². The Labute approximate surface area is 356 Å². The molecular formula is C59H42N2. The average Bonchev–Trinajstić information content (AvgIpc) is 3.77. The fourth-order valence-corrected chi connectivity index (χ4v) is 10.3. The predicted molar refractivity (Wildman–Crippen MR) is 259 cm³/mol. The van der Waals surface area contributed by atoms with Crippen LogP contribution in [0.4, 0.5) is 17.1 Å². The van der Waals surface area contributed by atoms with Gasteiger partial charge in [-0.05, 0) is 127 Å². The number of fused-ring (bicyclic) bond motifs is 9. The smallest absolute Gasteiger partial charge is 0.0547 e. The molecule has 61 heavy (non-hydrogen) atoms. The summed E-state index contributed by atoms with van der Waals surface area (Å²) in [5.41, 5.74) is 17.1. The van der Waals surface area contributed by atoms with Gasteiger partial charge < -0.3 is 9.47 Å². The number of anilines is 3. The van der Waals surface area contributed by atoms with Gasteiger partial charge in [0.25, 0.3) is 0 Å². The molecule has 0 saturated heterocycles. The molecule has 1 heterocycles. The molecule has 2 nitrogen and oxygen atoms in total. The zero-order chi connectivity index (χ0) is 40.7. The predicted octanol–water partition coefficient (Wildman–Crippen LogP) is 16.2. The van der Waals surface area contributed by atoms with E-state index in [9.17, 15) is 0 Å². The number of benzene rings is 10. The second-order valence-corrected chi connectivity index (χ2v) is 16.9. The van der Waals surface area contributed by atoms with E-state index in [1.165, 1.54) is 87.9 Å². The van der Waals surface area contributed by atoms with Crippen LogP contribution in [0.15, 0.2) is 218 Å². The van der Waals surface area contributed by atoms with Crippen LogP contribution in [0.3, 0.4) is 0 Å². The molecule has 0 saturated carbocycles. The van der Waals surface area contributed by atoms with Crippen molar-refractivity contribution in [2.75, 3.05) is 4.90 Å². The van der Waals surface area contributed by atoms with Crippen molar-refractivity contribution in [2.45, 2.75) is 19.3 Å². The van der Waals surface area contributed by atoms with Crippen molar-refractivity contribution >= 4 is 60.4 Å². The first-order valence-corrected chi connectivity index (χ1v) is 21.3. The van der Waals surface area contributed by atoms with Crippen LogP contribution < -0.4 is 4.90 Å². The highest BCUT2D eigenvalue weighted by Gasteiger charge is 2.35. The van der Waals surface area contributed by atoms with Gasteiger partial charge >= 0.3 is 0 Å². The lowest BCUT2D eigenvalue weighted by molar-refractivity contribution is 0.660. The number of rotatable bonds is 6. The van der Waals surface area contributed by atoms with E-state index in [2.05, 4.69) is 242 Å². The van der Waals surface area contributed by atoms with E-state index in [-0.39, 0.29) is 5.41 Å². The standard InChI is InChI=1S/C59H42N2/c1-59(2)53-30-10-8-26-49(53)50-34-33-46(38-54(50)59)60(43-21-4-3-5-22-43)44-23-12-19-41(36-44)42-20-13-24-45(37-42)61-55-31-11-9-27-52(55)58-56(61)35-32-40-18-15-29-51(57(40)58)48-28-14-17-39-16-6-7-25-47(39)48/h3-38H,1-2H3. The van der Waals surface area contributed by atoms with E-state index in [1.54, 1.807) is 0 Å². The normalized spacial score (nSPS) is 12.9. The second-order valence-electron chi connectivity index (χ2n) is 16.9. The number of hydrogen-bond acceptors (Lipinski definition) is 1. The quantitative estimate of drug-likeness (QED) is 0.163. The Morgan fingerprint density at radius 2 is 0.984 bits per heavy atom. The minimum Gasteiger partial charge on any atom is -0.310 e. The summed E-state index contributed by atoms with van der Waals surface area (Å²) in [7, 11) is 0. The molecule has 0 aliphatic heterocycles. The maximum Gasteiger partial charge on any atom is 0.0547 e. The monoisotopic (exact) mass is 778 g/mol. The minimum absolute atomic E-state index is 0.0941. The third-order valence-corrected chi connectivity index (χ3v) is 13.1. The Bertz CT molecular complexity index is 3510. The van der Waals surface area contributed by atoms with Gasteiger partial charge in [-0.2, -0.15) is 0 Å². The molecule has 0 bridgehead atoms. The van der Waals surface area contributed by atoms with Crippen molar-refractivity contribution in [2.24, 2.45) is 0 Å². The fraction of sp³-hybridized carbons (Fsp3) is 0.0508. The van der Waals surface area contributed by atoms with Gasteiger partial charge in [0, 0.05) is 38.9 Å². The maximum atomic E-state index is 2.46. The van der Waals surface area contributed by atoms with Crippen molar-refractivity contribution < 1.29 is 0 Å². The van der Waals surface area contributed by atoms with Crippen LogP contribution in [-0.2, 0) is 5.41 Å². The van der Waals surface area contributed by atoms with Crippen LogP contribution in [0, 0.1) is 0 Å². The minimum atomic E-state index is -0.0941. The van der Waals surface area contributed by atoms with E-state index in [1.807, 2.05) is 0 Å². The summed E-state index contributed by atoms with van der Waals surface area (Å²) >= 11 is 0. The van der Waals surface area contributed by atoms with Crippen LogP contribution in [0.2, 0.25) is 0 Å². The molecule has 10 aromatic carbocycles. The summed E-state index contributed by atoms with van der Waals surface area (Å²) in [5.74, 6) is 0. The SMILES string of the molecule is CC1(C)c2ccccc2-c2ccc(N(c3ccccc3)c3cccc(-c4cccc(-n5c6ccccc6c6c7c(-c8cccc9ccccc89)cccc7ccc65)c4)c3)cc21. The highest BCUT2D eigenvalue weighted by molar-refractivity contribution is 6.25. The van der Waals surface area contributed by atoms with E-state index in [4.69, 9.17) is 0 Å². The molecule has 288 valence electrons. The van der Waals surface area contributed by atoms with E-state index in [0.29, 0.717) is 0 Å². The molecule has 0 unspecified atom stereocenters. The van der Waals surface area contributed by atoms with Gasteiger partial charge in [-0.25, -0.2) is 0 Å². The Balaban J connectivity index is 1.00. The third-order valence-electron chi connectivity index (χ3n) is 13.1. The number of nitrogens with zero attached hydrogens (tertiary/aromatic N) is 2. The molecule has 0 N–H and O–H groups in total. The van der Waals surface area contributed by atoms with Crippen molar-refractivity contribution in [3.63, 3.8) is 0 Å². The highest BCUT2D eigenvalue weighted by atomic mass is 15.1. The molecule has 11 aromatic rings. The van der Waals surface area contributed by atoms with Crippen molar-refractivity contribution in [1.82, 2.24) is 4.57 Å². The number of para-hydroxylation sites is 2. The van der Waals surface area contributed by atoms with Gasteiger partial charge in [0.05, 0.1) is 11.0 Å². The van der Waals surface area contributed by atoms with Gasteiger partial charge in [-0.1, -0.05) is 172 Å². The van der Waals surface area contributed by atoms with E-state index < -0.39 is 0 Å². The Morgan fingerprint density at radius 3 is 1.87 bits per heavy atom. The molecule has 0 radical (unpaired) electrons. The van der Waals surface area contributed by atoms with E-state index >= 15 is 0 Å². The van der Waals surface area contributed by atoms with Crippen LogP contribution in [0.25, 0.3) is 82.4 Å². The summed E-state index contributed by atoms with van der Waals surface area (Å²) in [5, 5.41) is 7.58. The molecule has 12 rings (SSSR count). The first-order chi connectivity index (χ1) is 30.0. The van der Waals surface area contributed by atoms with Gasteiger partial charge in [-0.3, -0.25) is 0 Å². The largest absolute Gasteiger partial charge is 0.310 e. The molecule has 1 aliphatic carbocycles. The van der Waals surface area contributed by atoms with Crippen molar-refractivity contribution in [3.8, 4) is 39.1 Å². The molecule has 0 amide bonds. The Morgan fingerprint density at radius 1 is 0.361 bits per heavy atom. The molecule has 0 spiro atoms. The summed E-state index contributed by atoms with van der Waals surface area (Å²) in [4.78, 5) is 2.40. The summed E-state index contributed by atoms with van der Waals surface area (Å²) < 4.78 is 2.46. The van der Waals surface area contributed by atoms with E-state index in [0.717, 1.165) is 22.7 Å². The zero-order valence-corrected chi connectivity index (χ0v) is 34.2. The van der Waals surface area contributed by atoms with Crippen molar-refractivity contribution in [3.05, 3.63) is 230 Å².